The van der Waals surface area contributed by atoms with Crippen molar-refractivity contribution in [1.82, 2.24) is 20.4 Å². The lowest BCUT2D eigenvalue weighted by molar-refractivity contribution is 0.625. The molecule has 0 aliphatic carbocycles. The van der Waals surface area contributed by atoms with Crippen LogP contribution >= 0.6 is 24.0 Å². The van der Waals surface area contributed by atoms with Crippen LogP contribution in [0.5, 0.6) is 0 Å². The Balaban J connectivity index is 0.00000338. The molecule has 0 bridgehead atoms. The molecular weight excluding hydrogens is 444 g/mol. The maximum Gasteiger partial charge on any atom is 0.191 e. The number of guanidine groups is 1. The summed E-state index contributed by atoms with van der Waals surface area (Å²) in [5, 5.41) is 11.2. The quantitative estimate of drug-likeness (QED) is 0.369. The Hall–Kier alpha value is -1.64. The monoisotopic (exact) mass is 473 g/mol. The summed E-state index contributed by atoms with van der Waals surface area (Å²) in [6.07, 6.45) is 2.61. The molecule has 1 aromatic heterocycles. The molecule has 2 N–H and O–H groups in total. The van der Waals surface area contributed by atoms with Crippen molar-refractivity contribution in [3.63, 3.8) is 0 Å². The van der Waals surface area contributed by atoms with Crippen LogP contribution in [0.3, 0.4) is 0 Å². The fourth-order valence-electron chi connectivity index (χ4n) is 3.00. The first-order valence-corrected chi connectivity index (χ1v) is 8.81. The standard InChI is InChI=1S/C19H28FN5.HI/c1-5-17-16(18(6-2)25(4)24-17)13-23-19(21-3)22-11-10-14-8-7-9-15(20)12-14;/h7-9,12H,5-6,10-11,13H2,1-4H3,(H2,21,22,23);1H. The van der Waals surface area contributed by atoms with Gasteiger partial charge in [-0.3, -0.25) is 9.67 Å². The fraction of sp³-hybridized carbons (Fsp3) is 0.474. The van der Waals surface area contributed by atoms with Crippen molar-refractivity contribution in [1.29, 1.82) is 0 Å². The van der Waals surface area contributed by atoms with E-state index in [0.29, 0.717) is 13.1 Å². The molecule has 0 aliphatic heterocycles. The molecule has 1 aromatic carbocycles. The van der Waals surface area contributed by atoms with Gasteiger partial charge in [0.1, 0.15) is 5.82 Å². The topological polar surface area (TPSA) is 54.2 Å². The first-order valence-electron chi connectivity index (χ1n) is 8.81. The highest BCUT2D eigenvalue weighted by atomic mass is 127. The number of nitrogens with one attached hydrogen (secondary N) is 2. The number of aliphatic imine (C=N–C) groups is 1. The van der Waals surface area contributed by atoms with Gasteiger partial charge < -0.3 is 10.6 Å². The number of hydrogen-bond donors (Lipinski definition) is 2. The second-order valence-electron chi connectivity index (χ2n) is 5.94. The lowest BCUT2D eigenvalue weighted by Gasteiger charge is -2.13. The summed E-state index contributed by atoms with van der Waals surface area (Å²) in [6.45, 7) is 5.65. The minimum Gasteiger partial charge on any atom is -0.356 e. The van der Waals surface area contributed by atoms with E-state index in [9.17, 15) is 4.39 Å². The van der Waals surface area contributed by atoms with Crippen molar-refractivity contribution in [3.05, 3.63) is 52.6 Å². The van der Waals surface area contributed by atoms with Crippen LogP contribution in [0.15, 0.2) is 29.3 Å². The summed E-state index contributed by atoms with van der Waals surface area (Å²) < 4.78 is 15.2. The van der Waals surface area contributed by atoms with Gasteiger partial charge in [0.25, 0.3) is 0 Å². The van der Waals surface area contributed by atoms with Gasteiger partial charge in [-0.2, -0.15) is 5.10 Å². The van der Waals surface area contributed by atoms with E-state index in [0.717, 1.165) is 36.5 Å². The largest absolute Gasteiger partial charge is 0.356 e. The highest BCUT2D eigenvalue weighted by Gasteiger charge is 2.13. The van der Waals surface area contributed by atoms with Crippen molar-refractivity contribution < 1.29 is 4.39 Å². The Bertz CT molecular complexity index is 727. The summed E-state index contributed by atoms with van der Waals surface area (Å²) in [5.41, 5.74) is 4.60. The van der Waals surface area contributed by atoms with Crippen molar-refractivity contribution in [2.24, 2.45) is 12.0 Å². The maximum absolute atomic E-state index is 13.2. The predicted molar refractivity (Wildman–Crippen MR) is 116 cm³/mol. The molecule has 1 heterocycles. The second-order valence-corrected chi connectivity index (χ2v) is 5.94. The molecule has 0 saturated heterocycles. The van der Waals surface area contributed by atoms with E-state index in [1.165, 1.54) is 17.3 Å². The van der Waals surface area contributed by atoms with Crippen LogP contribution in [0, 0.1) is 5.82 Å². The highest BCUT2D eigenvalue weighted by molar-refractivity contribution is 14.0. The third-order valence-electron chi connectivity index (χ3n) is 4.28. The number of hydrogen-bond acceptors (Lipinski definition) is 2. The van der Waals surface area contributed by atoms with Crippen molar-refractivity contribution in [2.45, 2.75) is 39.7 Å². The molecule has 0 fully saturated rings. The fourth-order valence-corrected chi connectivity index (χ4v) is 3.00. The van der Waals surface area contributed by atoms with E-state index >= 15 is 0 Å². The Morgan fingerprint density at radius 3 is 2.62 bits per heavy atom. The molecule has 7 heteroatoms. The lowest BCUT2D eigenvalue weighted by atomic mass is 10.1. The molecule has 0 saturated carbocycles. The number of aromatic nitrogens is 2. The maximum atomic E-state index is 13.2. The molecular formula is C19H29FIN5. The molecule has 0 spiro atoms. The van der Waals surface area contributed by atoms with Crippen LogP contribution in [0.4, 0.5) is 4.39 Å². The van der Waals surface area contributed by atoms with E-state index < -0.39 is 0 Å². The van der Waals surface area contributed by atoms with Crippen LogP contribution in [0.1, 0.15) is 36.4 Å². The molecule has 26 heavy (non-hydrogen) atoms. The minimum absolute atomic E-state index is 0. The van der Waals surface area contributed by atoms with Crippen LogP contribution in [0.2, 0.25) is 0 Å². The van der Waals surface area contributed by atoms with Gasteiger partial charge in [0.15, 0.2) is 5.96 Å². The minimum atomic E-state index is -0.198. The summed E-state index contributed by atoms with van der Waals surface area (Å²) in [5.74, 6) is 0.542. The van der Waals surface area contributed by atoms with Gasteiger partial charge in [-0.25, -0.2) is 4.39 Å². The number of aryl methyl sites for hydroxylation is 2. The molecule has 144 valence electrons. The van der Waals surface area contributed by atoms with E-state index in [4.69, 9.17) is 0 Å². The molecule has 2 aromatic rings. The molecule has 0 unspecified atom stereocenters. The van der Waals surface area contributed by atoms with Crippen molar-refractivity contribution in [2.75, 3.05) is 13.6 Å². The third-order valence-corrected chi connectivity index (χ3v) is 4.28. The van der Waals surface area contributed by atoms with Gasteiger partial charge in [-0.1, -0.05) is 26.0 Å². The summed E-state index contributed by atoms with van der Waals surface area (Å²) in [6, 6.07) is 6.69. The van der Waals surface area contributed by atoms with Crippen molar-refractivity contribution in [3.8, 4) is 0 Å². The van der Waals surface area contributed by atoms with Gasteiger partial charge >= 0.3 is 0 Å². The third kappa shape index (κ3) is 5.96. The van der Waals surface area contributed by atoms with E-state index in [1.807, 2.05) is 17.8 Å². The Kier molecular flexibility index (Phi) is 9.61. The Labute approximate surface area is 172 Å². The molecule has 0 aliphatic rings. The Morgan fingerprint density at radius 2 is 2.00 bits per heavy atom. The molecule has 0 atom stereocenters. The van der Waals surface area contributed by atoms with Gasteiger partial charge in [0.05, 0.1) is 5.69 Å². The summed E-state index contributed by atoms with van der Waals surface area (Å²) in [4.78, 5) is 4.26. The van der Waals surface area contributed by atoms with Gasteiger partial charge in [0, 0.05) is 38.4 Å². The number of rotatable bonds is 7. The average Bonchev–Trinajstić information content (AvgIpc) is 2.92. The van der Waals surface area contributed by atoms with Gasteiger partial charge in [-0.05, 0) is 37.0 Å². The van der Waals surface area contributed by atoms with Crippen LogP contribution in [0.25, 0.3) is 0 Å². The lowest BCUT2D eigenvalue weighted by Crippen LogP contribution is -2.38. The smallest absolute Gasteiger partial charge is 0.191 e. The average molecular weight is 473 g/mol. The van der Waals surface area contributed by atoms with Crippen LogP contribution in [-0.2, 0) is 32.9 Å². The Morgan fingerprint density at radius 1 is 1.23 bits per heavy atom. The first-order chi connectivity index (χ1) is 12.1. The summed E-state index contributed by atoms with van der Waals surface area (Å²) in [7, 11) is 3.75. The van der Waals surface area contributed by atoms with E-state index in [1.54, 1.807) is 19.2 Å². The molecule has 5 nitrogen and oxygen atoms in total. The SMILES string of the molecule is CCc1nn(C)c(CC)c1CNC(=NC)NCCc1cccc(F)c1.I. The molecule has 0 amide bonds. The van der Waals surface area contributed by atoms with Gasteiger partial charge in [-0.15, -0.1) is 24.0 Å². The summed E-state index contributed by atoms with van der Waals surface area (Å²) >= 11 is 0. The zero-order valence-corrected chi connectivity index (χ0v) is 18.3. The molecule has 2 rings (SSSR count). The van der Waals surface area contributed by atoms with E-state index in [2.05, 4.69) is 34.6 Å². The second kappa shape index (κ2) is 11.2. The first kappa shape index (κ1) is 22.4. The number of benzene rings is 1. The predicted octanol–water partition coefficient (Wildman–Crippen LogP) is 3.21. The normalized spacial score (nSPS) is 11.2. The van der Waals surface area contributed by atoms with Crippen LogP contribution in [-0.4, -0.2) is 29.3 Å². The van der Waals surface area contributed by atoms with Crippen LogP contribution < -0.4 is 10.6 Å². The van der Waals surface area contributed by atoms with Crippen molar-refractivity contribution >= 4 is 29.9 Å². The van der Waals surface area contributed by atoms with E-state index in [-0.39, 0.29) is 29.8 Å². The zero-order chi connectivity index (χ0) is 18.2. The number of halogens is 2. The van der Waals surface area contributed by atoms with Gasteiger partial charge in [0.2, 0.25) is 0 Å². The zero-order valence-electron chi connectivity index (χ0n) is 16.0. The molecule has 0 radical (unpaired) electrons. The highest BCUT2D eigenvalue weighted by Crippen LogP contribution is 2.15. The number of nitrogens with zero attached hydrogens (tertiary/aromatic N) is 3.